The lowest BCUT2D eigenvalue weighted by Crippen LogP contribution is -2.41. The highest BCUT2D eigenvalue weighted by atomic mass is 16.4. The fourth-order valence-corrected chi connectivity index (χ4v) is 1.69. The fourth-order valence-electron chi connectivity index (χ4n) is 1.69. The number of rotatable bonds is 7. The molecule has 7 heteroatoms. The number of anilines is 1. The molecular weight excluding hydrogens is 260 g/mol. The molecule has 0 aliphatic rings. The molecule has 0 spiro atoms. The zero-order valence-corrected chi connectivity index (χ0v) is 11.9. The highest BCUT2D eigenvalue weighted by molar-refractivity contribution is 5.95. The Morgan fingerprint density at radius 3 is 2.65 bits per heavy atom. The van der Waals surface area contributed by atoms with Gasteiger partial charge in [-0.3, -0.25) is 4.79 Å². The first-order chi connectivity index (χ1) is 9.47. The average molecular weight is 280 g/mol. The zero-order valence-electron chi connectivity index (χ0n) is 11.9. The molecule has 0 aromatic carbocycles. The van der Waals surface area contributed by atoms with Crippen molar-refractivity contribution in [1.29, 1.82) is 0 Å². The Kier molecular flexibility index (Phi) is 5.89. The van der Waals surface area contributed by atoms with E-state index >= 15 is 0 Å². The number of aromatic nitrogens is 2. The molecule has 0 unspecified atom stereocenters. The third kappa shape index (κ3) is 4.49. The molecule has 1 aromatic rings. The smallest absolute Gasteiger partial charge is 0.326 e. The molecule has 0 radical (unpaired) electrons. The lowest BCUT2D eigenvalue weighted by molar-refractivity contribution is -0.139. The van der Waals surface area contributed by atoms with E-state index in [0.29, 0.717) is 18.1 Å². The Morgan fingerprint density at radius 1 is 1.40 bits per heavy atom. The molecule has 0 fully saturated rings. The number of carbonyl (C=O) groups is 2. The van der Waals surface area contributed by atoms with Gasteiger partial charge in [0.25, 0.3) is 5.91 Å². The number of hydrogen-bond acceptors (Lipinski definition) is 5. The van der Waals surface area contributed by atoms with Crippen LogP contribution in [-0.4, -0.2) is 40.0 Å². The van der Waals surface area contributed by atoms with Gasteiger partial charge >= 0.3 is 5.97 Å². The Morgan fingerprint density at radius 2 is 2.10 bits per heavy atom. The second-order valence-electron chi connectivity index (χ2n) is 4.47. The molecule has 1 heterocycles. The summed E-state index contributed by atoms with van der Waals surface area (Å²) in [7, 11) is 1.65. The third-order valence-corrected chi connectivity index (χ3v) is 2.76. The van der Waals surface area contributed by atoms with Crippen LogP contribution < -0.4 is 10.6 Å². The third-order valence-electron chi connectivity index (χ3n) is 2.76. The maximum Gasteiger partial charge on any atom is 0.326 e. The number of hydrogen-bond donors (Lipinski definition) is 3. The summed E-state index contributed by atoms with van der Waals surface area (Å²) in [5.74, 6) is -1.21. The fraction of sp³-hybridized carbons (Fsp3) is 0.538. The summed E-state index contributed by atoms with van der Waals surface area (Å²) in [4.78, 5) is 31.3. The van der Waals surface area contributed by atoms with E-state index in [1.165, 1.54) is 6.07 Å². The number of amides is 1. The van der Waals surface area contributed by atoms with E-state index < -0.39 is 17.9 Å². The minimum Gasteiger partial charge on any atom is -0.480 e. The lowest BCUT2D eigenvalue weighted by atomic mass is 10.1. The molecule has 20 heavy (non-hydrogen) atoms. The van der Waals surface area contributed by atoms with E-state index in [1.807, 2.05) is 6.92 Å². The van der Waals surface area contributed by atoms with Gasteiger partial charge < -0.3 is 15.7 Å². The van der Waals surface area contributed by atoms with E-state index in [1.54, 1.807) is 14.0 Å². The van der Waals surface area contributed by atoms with E-state index in [2.05, 4.69) is 20.6 Å². The Bertz CT molecular complexity index is 491. The molecule has 1 atom stereocenters. The number of aliphatic carboxylic acids is 1. The zero-order chi connectivity index (χ0) is 15.1. The van der Waals surface area contributed by atoms with Crippen LogP contribution in [0.25, 0.3) is 0 Å². The summed E-state index contributed by atoms with van der Waals surface area (Å²) in [6.45, 7) is 3.71. The van der Waals surface area contributed by atoms with Crippen LogP contribution >= 0.6 is 0 Å². The number of unbranched alkanes of at least 4 members (excludes halogenated alkanes) is 1. The number of nitrogens with one attached hydrogen (secondary N) is 2. The van der Waals surface area contributed by atoms with Gasteiger partial charge in [0.15, 0.2) is 0 Å². The first-order valence-electron chi connectivity index (χ1n) is 6.55. The van der Waals surface area contributed by atoms with Gasteiger partial charge in [0, 0.05) is 12.7 Å². The summed E-state index contributed by atoms with van der Waals surface area (Å²) in [6, 6.07) is 0.630. The van der Waals surface area contributed by atoms with Crippen molar-refractivity contribution in [3.05, 3.63) is 17.5 Å². The molecule has 7 nitrogen and oxygen atoms in total. The summed E-state index contributed by atoms with van der Waals surface area (Å²) < 4.78 is 0. The molecular formula is C13H20N4O3. The van der Waals surface area contributed by atoms with Gasteiger partial charge in [-0.05, 0) is 19.4 Å². The maximum absolute atomic E-state index is 12.1. The van der Waals surface area contributed by atoms with Crippen molar-refractivity contribution in [2.75, 3.05) is 12.4 Å². The first-order valence-corrected chi connectivity index (χ1v) is 6.55. The van der Waals surface area contributed by atoms with E-state index in [4.69, 9.17) is 5.11 Å². The van der Waals surface area contributed by atoms with Crippen molar-refractivity contribution in [3.8, 4) is 0 Å². The minimum absolute atomic E-state index is 0.157. The van der Waals surface area contributed by atoms with Gasteiger partial charge in [-0.2, -0.15) is 0 Å². The number of nitrogens with zero attached hydrogens (tertiary/aromatic N) is 2. The standard InChI is InChI=1S/C13H20N4O3/c1-4-5-6-9(12(19)20)16-11(18)10-7-8(2)15-13(14-3)17-10/h7,9H,4-6H2,1-3H3,(H,16,18)(H,19,20)(H,14,15,17)/t9-/m0/s1. The molecule has 1 aromatic heterocycles. The van der Waals surface area contributed by atoms with E-state index in [-0.39, 0.29) is 5.69 Å². The van der Waals surface area contributed by atoms with Crippen LogP contribution in [0.3, 0.4) is 0 Å². The monoisotopic (exact) mass is 280 g/mol. The number of carboxylic acids is 1. The predicted molar refractivity (Wildman–Crippen MR) is 74.7 cm³/mol. The molecule has 0 aliphatic heterocycles. The maximum atomic E-state index is 12.1. The molecule has 0 aliphatic carbocycles. The van der Waals surface area contributed by atoms with E-state index in [9.17, 15) is 9.59 Å². The van der Waals surface area contributed by atoms with Gasteiger partial charge in [-0.15, -0.1) is 0 Å². The Balaban J connectivity index is 2.83. The molecule has 1 rings (SSSR count). The van der Waals surface area contributed by atoms with Gasteiger partial charge in [0.1, 0.15) is 11.7 Å². The van der Waals surface area contributed by atoms with Crippen LogP contribution in [0.2, 0.25) is 0 Å². The van der Waals surface area contributed by atoms with Gasteiger partial charge in [0.05, 0.1) is 0 Å². The van der Waals surface area contributed by atoms with Crippen LogP contribution in [0.5, 0.6) is 0 Å². The molecule has 0 saturated carbocycles. The normalized spacial score (nSPS) is 11.8. The number of carboxylic acid groups (broad SMARTS) is 1. The van der Waals surface area contributed by atoms with Crippen molar-refractivity contribution in [2.24, 2.45) is 0 Å². The second kappa shape index (κ2) is 7.42. The topological polar surface area (TPSA) is 104 Å². The van der Waals surface area contributed by atoms with E-state index in [0.717, 1.165) is 12.8 Å². The number of aryl methyl sites for hydroxylation is 1. The Hall–Kier alpha value is -2.18. The highest BCUT2D eigenvalue weighted by Crippen LogP contribution is 2.06. The molecule has 1 amide bonds. The largest absolute Gasteiger partial charge is 0.480 e. The Labute approximate surface area is 117 Å². The average Bonchev–Trinajstić information content (AvgIpc) is 2.42. The minimum atomic E-state index is -1.04. The summed E-state index contributed by atoms with van der Waals surface area (Å²) in [5, 5.41) is 14.3. The quantitative estimate of drug-likeness (QED) is 0.693. The highest BCUT2D eigenvalue weighted by Gasteiger charge is 2.21. The number of carbonyl (C=O) groups excluding carboxylic acids is 1. The van der Waals surface area contributed by atoms with Crippen LogP contribution in [0, 0.1) is 6.92 Å². The van der Waals surface area contributed by atoms with Crippen molar-refractivity contribution < 1.29 is 14.7 Å². The summed E-state index contributed by atoms with van der Waals surface area (Å²) in [5.41, 5.74) is 0.791. The van der Waals surface area contributed by atoms with Crippen LogP contribution in [0.15, 0.2) is 6.07 Å². The molecule has 110 valence electrons. The van der Waals surface area contributed by atoms with Crippen molar-refractivity contribution in [2.45, 2.75) is 39.2 Å². The first kappa shape index (κ1) is 15.9. The van der Waals surface area contributed by atoms with Crippen LogP contribution in [-0.2, 0) is 4.79 Å². The van der Waals surface area contributed by atoms with Gasteiger partial charge in [-0.25, -0.2) is 14.8 Å². The molecule has 3 N–H and O–H groups in total. The summed E-state index contributed by atoms with van der Waals surface area (Å²) >= 11 is 0. The summed E-state index contributed by atoms with van der Waals surface area (Å²) in [6.07, 6.45) is 2.01. The predicted octanol–water partition coefficient (Wildman–Crippen LogP) is 1.20. The molecule has 0 bridgehead atoms. The van der Waals surface area contributed by atoms with Crippen molar-refractivity contribution >= 4 is 17.8 Å². The lowest BCUT2D eigenvalue weighted by Gasteiger charge is -2.14. The molecule has 0 saturated heterocycles. The van der Waals surface area contributed by atoms with Crippen LogP contribution in [0.4, 0.5) is 5.95 Å². The van der Waals surface area contributed by atoms with Gasteiger partial charge in [-0.1, -0.05) is 19.8 Å². The SMILES string of the molecule is CCCC[C@H](NC(=O)c1cc(C)nc(NC)n1)C(=O)O. The van der Waals surface area contributed by atoms with Gasteiger partial charge in [0.2, 0.25) is 5.95 Å². The van der Waals surface area contributed by atoms with Crippen LogP contribution in [0.1, 0.15) is 42.4 Å². The van der Waals surface area contributed by atoms with Crippen molar-refractivity contribution in [3.63, 3.8) is 0 Å². The van der Waals surface area contributed by atoms with Crippen molar-refractivity contribution in [1.82, 2.24) is 15.3 Å². The second-order valence-corrected chi connectivity index (χ2v) is 4.47.